The number of fused-ring (bicyclic) bond motifs is 1. The predicted octanol–water partition coefficient (Wildman–Crippen LogP) is 4.12. The van der Waals surface area contributed by atoms with Gasteiger partial charge in [-0.3, -0.25) is 0 Å². The van der Waals surface area contributed by atoms with Crippen molar-refractivity contribution in [2.45, 2.75) is 38.0 Å². The molecule has 5 heteroatoms. The lowest BCUT2D eigenvalue weighted by Crippen LogP contribution is -2.26. The molecule has 3 aromatic rings. The lowest BCUT2D eigenvalue weighted by molar-refractivity contribution is 0.581. The molecule has 132 valence electrons. The maximum absolute atomic E-state index is 12.5. The third-order valence-corrected chi connectivity index (χ3v) is 6.03. The van der Waals surface area contributed by atoms with Crippen LogP contribution in [0.15, 0.2) is 53.4 Å². The van der Waals surface area contributed by atoms with E-state index in [1.54, 1.807) is 12.1 Å². The van der Waals surface area contributed by atoms with Gasteiger partial charge in [-0.05, 0) is 48.6 Å². The van der Waals surface area contributed by atoms with Gasteiger partial charge in [0.25, 0.3) is 0 Å². The summed E-state index contributed by atoms with van der Waals surface area (Å²) in [6.45, 7) is 6.57. The molecule has 0 bridgehead atoms. The minimum Gasteiger partial charge on any atom is -0.358 e. The summed E-state index contributed by atoms with van der Waals surface area (Å²) in [7, 11) is -3.48. The van der Waals surface area contributed by atoms with Crippen molar-refractivity contribution in [3.8, 4) is 0 Å². The molecule has 2 aromatic carbocycles. The van der Waals surface area contributed by atoms with Gasteiger partial charge >= 0.3 is 0 Å². The van der Waals surface area contributed by atoms with Crippen molar-refractivity contribution in [2.24, 2.45) is 0 Å². The van der Waals surface area contributed by atoms with Crippen molar-refractivity contribution in [1.29, 1.82) is 0 Å². The Kier molecular flexibility index (Phi) is 4.97. The molecule has 0 radical (unpaired) electrons. The Morgan fingerprint density at radius 2 is 1.72 bits per heavy atom. The highest BCUT2D eigenvalue weighted by Gasteiger charge is 2.15. The fourth-order valence-electron chi connectivity index (χ4n) is 3.08. The van der Waals surface area contributed by atoms with E-state index >= 15 is 0 Å². The Morgan fingerprint density at radius 1 is 1.04 bits per heavy atom. The zero-order valence-corrected chi connectivity index (χ0v) is 15.7. The summed E-state index contributed by atoms with van der Waals surface area (Å²) in [5.74, 6) is 0.384. The Balaban J connectivity index is 1.71. The number of nitrogens with one attached hydrogen (secondary N) is 2. The smallest absolute Gasteiger partial charge is 0.240 e. The Morgan fingerprint density at radius 3 is 2.40 bits per heavy atom. The highest BCUT2D eigenvalue weighted by molar-refractivity contribution is 7.89. The maximum atomic E-state index is 12.5. The van der Waals surface area contributed by atoms with Crippen LogP contribution in [-0.2, 0) is 16.4 Å². The molecule has 0 saturated heterocycles. The van der Waals surface area contributed by atoms with Crippen LogP contribution in [0.1, 0.15) is 36.6 Å². The molecule has 0 unspecified atom stereocenters. The SMILES string of the molecule is Cc1[nH]c2ccccc2c1CCNS(=O)(=O)c1ccc(C(C)C)cc1. The molecule has 4 nitrogen and oxygen atoms in total. The van der Waals surface area contributed by atoms with Gasteiger partial charge in [-0.2, -0.15) is 0 Å². The molecule has 3 rings (SSSR count). The van der Waals surface area contributed by atoms with Crippen LogP contribution in [0, 0.1) is 6.92 Å². The molecule has 25 heavy (non-hydrogen) atoms. The van der Waals surface area contributed by atoms with E-state index in [9.17, 15) is 8.42 Å². The van der Waals surface area contributed by atoms with Gasteiger partial charge < -0.3 is 4.98 Å². The third kappa shape index (κ3) is 3.78. The fourth-order valence-corrected chi connectivity index (χ4v) is 4.11. The van der Waals surface area contributed by atoms with Crippen molar-refractivity contribution in [3.63, 3.8) is 0 Å². The van der Waals surface area contributed by atoms with Crippen molar-refractivity contribution < 1.29 is 8.42 Å². The van der Waals surface area contributed by atoms with Gasteiger partial charge in [-0.15, -0.1) is 0 Å². The molecule has 0 amide bonds. The van der Waals surface area contributed by atoms with E-state index in [0.717, 1.165) is 27.7 Å². The van der Waals surface area contributed by atoms with Gasteiger partial charge in [-0.25, -0.2) is 13.1 Å². The first kappa shape index (κ1) is 17.7. The first-order valence-electron chi connectivity index (χ1n) is 8.54. The molecular formula is C20H24N2O2S. The molecule has 0 atom stereocenters. The van der Waals surface area contributed by atoms with Gasteiger partial charge in [0, 0.05) is 23.1 Å². The first-order valence-corrected chi connectivity index (χ1v) is 10.0. The van der Waals surface area contributed by atoms with Crippen molar-refractivity contribution in [3.05, 3.63) is 65.4 Å². The van der Waals surface area contributed by atoms with Gasteiger partial charge in [-0.1, -0.05) is 44.2 Å². The number of aromatic nitrogens is 1. The van der Waals surface area contributed by atoms with Crippen LogP contribution < -0.4 is 4.72 Å². The summed E-state index contributed by atoms with van der Waals surface area (Å²) in [5.41, 5.74) is 4.46. The van der Waals surface area contributed by atoms with Crippen molar-refractivity contribution >= 4 is 20.9 Å². The molecule has 0 fully saturated rings. The molecule has 1 aromatic heterocycles. The lowest BCUT2D eigenvalue weighted by atomic mass is 10.0. The summed E-state index contributed by atoms with van der Waals surface area (Å²) >= 11 is 0. The number of aromatic amines is 1. The highest BCUT2D eigenvalue weighted by atomic mass is 32.2. The Labute approximate surface area is 149 Å². The van der Waals surface area contributed by atoms with E-state index < -0.39 is 10.0 Å². The number of hydrogen-bond acceptors (Lipinski definition) is 2. The topological polar surface area (TPSA) is 62.0 Å². The van der Waals surface area contributed by atoms with E-state index in [-0.39, 0.29) is 0 Å². The van der Waals surface area contributed by atoms with E-state index in [2.05, 4.69) is 29.6 Å². The maximum Gasteiger partial charge on any atom is 0.240 e. The quantitative estimate of drug-likeness (QED) is 0.698. The predicted molar refractivity (Wildman–Crippen MR) is 102 cm³/mol. The largest absolute Gasteiger partial charge is 0.358 e. The number of H-pyrrole nitrogens is 1. The molecule has 0 spiro atoms. The summed E-state index contributed by atoms with van der Waals surface area (Å²) < 4.78 is 27.7. The molecule has 0 aliphatic rings. The van der Waals surface area contributed by atoms with Crippen LogP contribution in [0.5, 0.6) is 0 Å². The van der Waals surface area contributed by atoms with Gasteiger partial charge in [0.1, 0.15) is 0 Å². The van der Waals surface area contributed by atoms with Crippen LogP contribution >= 0.6 is 0 Å². The summed E-state index contributed by atoms with van der Waals surface area (Å²) in [6, 6.07) is 15.2. The number of para-hydroxylation sites is 1. The van der Waals surface area contributed by atoms with Crippen LogP contribution in [0.4, 0.5) is 0 Å². The van der Waals surface area contributed by atoms with Crippen LogP contribution in [0.3, 0.4) is 0 Å². The average Bonchev–Trinajstić information content (AvgIpc) is 2.90. The van der Waals surface area contributed by atoms with Gasteiger partial charge in [0.15, 0.2) is 0 Å². The minimum absolute atomic E-state index is 0.313. The van der Waals surface area contributed by atoms with Crippen LogP contribution in [0.25, 0.3) is 10.9 Å². The third-order valence-electron chi connectivity index (χ3n) is 4.55. The van der Waals surface area contributed by atoms with E-state index in [1.807, 2.05) is 37.3 Å². The fraction of sp³-hybridized carbons (Fsp3) is 0.300. The van der Waals surface area contributed by atoms with Crippen molar-refractivity contribution in [1.82, 2.24) is 9.71 Å². The number of hydrogen-bond donors (Lipinski definition) is 2. The van der Waals surface area contributed by atoms with Gasteiger partial charge in [0.2, 0.25) is 10.0 Å². The number of aryl methyl sites for hydroxylation is 1. The molecule has 0 aliphatic carbocycles. The van der Waals surface area contributed by atoms with E-state index in [4.69, 9.17) is 0 Å². The zero-order valence-electron chi connectivity index (χ0n) is 14.8. The Bertz CT molecular complexity index is 971. The molecule has 2 N–H and O–H groups in total. The first-order chi connectivity index (χ1) is 11.9. The minimum atomic E-state index is -3.48. The second-order valence-corrected chi connectivity index (χ2v) is 8.41. The second-order valence-electron chi connectivity index (χ2n) is 6.65. The molecule has 0 saturated carbocycles. The van der Waals surface area contributed by atoms with E-state index in [0.29, 0.717) is 23.8 Å². The Hall–Kier alpha value is -2.11. The highest BCUT2D eigenvalue weighted by Crippen LogP contribution is 2.22. The van der Waals surface area contributed by atoms with Gasteiger partial charge in [0.05, 0.1) is 4.90 Å². The standard InChI is InChI=1S/C20H24N2O2S/c1-14(2)16-8-10-17(11-9-16)25(23,24)21-13-12-18-15(3)22-20-7-5-4-6-19(18)20/h4-11,14,21-22H,12-13H2,1-3H3. The van der Waals surface area contributed by atoms with Crippen molar-refractivity contribution in [2.75, 3.05) is 6.54 Å². The zero-order chi connectivity index (χ0) is 18.0. The van der Waals surface area contributed by atoms with Crippen LogP contribution in [-0.4, -0.2) is 19.9 Å². The van der Waals surface area contributed by atoms with E-state index in [1.165, 1.54) is 0 Å². The number of sulfonamides is 1. The second kappa shape index (κ2) is 7.02. The average molecular weight is 356 g/mol. The molecular weight excluding hydrogens is 332 g/mol. The monoisotopic (exact) mass is 356 g/mol. The van der Waals surface area contributed by atoms with Crippen LogP contribution in [0.2, 0.25) is 0 Å². The summed E-state index contributed by atoms with van der Waals surface area (Å²) in [4.78, 5) is 3.66. The summed E-state index contributed by atoms with van der Waals surface area (Å²) in [5, 5.41) is 1.15. The number of benzene rings is 2. The lowest BCUT2D eigenvalue weighted by Gasteiger charge is -2.09. The molecule has 1 heterocycles. The normalized spacial score (nSPS) is 12.2. The molecule has 0 aliphatic heterocycles. The summed E-state index contributed by atoms with van der Waals surface area (Å²) in [6.07, 6.45) is 0.652. The number of rotatable bonds is 6.